The number of benzene rings is 1. The molecule has 0 bridgehead atoms. The molecule has 1 rings (SSSR count). The van der Waals surface area contributed by atoms with Crippen LogP contribution in [0.5, 0.6) is 0 Å². The highest BCUT2D eigenvalue weighted by Gasteiger charge is 1.98. The molecular weight excluding hydrogens is 230 g/mol. The number of rotatable bonds is 0. The summed E-state index contributed by atoms with van der Waals surface area (Å²) in [6.07, 6.45) is 0. The van der Waals surface area contributed by atoms with Crippen molar-refractivity contribution in [3.63, 3.8) is 0 Å². The van der Waals surface area contributed by atoms with Gasteiger partial charge in [0.15, 0.2) is 0 Å². The molecule has 0 N–H and O–H groups in total. The first kappa shape index (κ1) is 6.99. The summed E-state index contributed by atoms with van der Waals surface area (Å²) in [5.74, 6) is -0.254. The Kier molecular flexibility index (Phi) is 2.05. The van der Waals surface area contributed by atoms with E-state index >= 15 is 0 Å². The van der Waals surface area contributed by atoms with Gasteiger partial charge in [0.1, 0.15) is 5.82 Å². The lowest BCUT2D eigenvalue weighted by molar-refractivity contribution is 0.616. The van der Waals surface area contributed by atoms with Gasteiger partial charge < -0.3 is 0 Å². The monoisotopic (exact) mass is 235 g/mol. The molecule has 0 aliphatic rings. The molecule has 1 aromatic carbocycles. The van der Waals surface area contributed by atoms with Crippen LogP contribution in [0.3, 0.4) is 0 Å². The van der Waals surface area contributed by atoms with Gasteiger partial charge in [-0.3, -0.25) is 0 Å². The van der Waals surface area contributed by atoms with Gasteiger partial charge in [-0.1, -0.05) is 12.1 Å². The Hall–Kier alpha value is -0.120. The molecular formula is C7H5FI. The van der Waals surface area contributed by atoms with Crippen molar-refractivity contribution in [3.05, 3.63) is 33.1 Å². The summed E-state index contributed by atoms with van der Waals surface area (Å²) in [5, 5.41) is 0. The predicted molar refractivity (Wildman–Crippen MR) is 42.7 cm³/mol. The highest BCUT2D eigenvalue weighted by molar-refractivity contribution is 14.1. The van der Waals surface area contributed by atoms with Gasteiger partial charge in [0.05, 0.1) is 3.57 Å². The molecule has 47 valence electrons. The first-order valence-corrected chi connectivity index (χ1v) is 3.62. The van der Waals surface area contributed by atoms with Gasteiger partial charge >= 0.3 is 0 Å². The van der Waals surface area contributed by atoms with Crippen LogP contribution in [0.2, 0.25) is 0 Å². The lowest BCUT2D eigenvalue weighted by Gasteiger charge is -1.95. The van der Waals surface area contributed by atoms with Gasteiger partial charge in [-0.2, -0.15) is 0 Å². The maximum absolute atomic E-state index is 12.5. The van der Waals surface area contributed by atoms with Crippen molar-refractivity contribution in [3.8, 4) is 0 Å². The average Bonchev–Trinajstić information content (AvgIpc) is 1.83. The Balaban J connectivity index is 3.25. The highest BCUT2D eigenvalue weighted by atomic mass is 127. The topological polar surface area (TPSA) is 0 Å². The minimum atomic E-state index is -0.254. The molecule has 9 heavy (non-hydrogen) atoms. The second kappa shape index (κ2) is 2.64. The van der Waals surface area contributed by atoms with Crippen molar-refractivity contribution in [2.75, 3.05) is 0 Å². The zero-order valence-corrected chi connectivity index (χ0v) is 7.07. The third-order valence-corrected chi connectivity index (χ3v) is 2.41. The largest absolute Gasteiger partial charge is 0.205 e. The fourth-order valence-electron chi connectivity index (χ4n) is 0.549. The van der Waals surface area contributed by atoms with Gasteiger partial charge in [-0.05, 0) is 35.1 Å². The van der Waals surface area contributed by atoms with Crippen molar-refractivity contribution in [2.45, 2.75) is 6.92 Å². The van der Waals surface area contributed by atoms with E-state index in [0.29, 0.717) is 3.57 Å². The van der Waals surface area contributed by atoms with Gasteiger partial charge in [0.25, 0.3) is 0 Å². The molecule has 0 aliphatic heterocycles. The lowest BCUT2D eigenvalue weighted by atomic mass is 10.2. The van der Waals surface area contributed by atoms with Crippen molar-refractivity contribution in [1.82, 2.24) is 0 Å². The molecule has 0 atom stereocenters. The van der Waals surface area contributed by atoms with Gasteiger partial charge in [0.2, 0.25) is 0 Å². The Morgan fingerprint density at radius 3 is 2.78 bits per heavy atom. The smallest absolute Gasteiger partial charge is 0.144 e. The molecule has 0 saturated carbocycles. The van der Waals surface area contributed by atoms with Gasteiger partial charge in [-0.15, -0.1) is 0 Å². The van der Waals surface area contributed by atoms with E-state index in [9.17, 15) is 4.39 Å². The normalized spacial score (nSPS) is 9.67. The Morgan fingerprint density at radius 1 is 1.67 bits per heavy atom. The van der Waals surface area contributed by atoms with Crippen LogP contribution in [0, 0.1) is 22.4 Å². The molecule has 0 fully saturated rings. The van der Waals surface area contributed by atoms with Gasteiger partial charge in [-0.25, -0.2) is 4.39 Å². The summed E-state index contributed by atoms with van der Waals surface area (Å²) in [5.41, 5.74) is 0.965. The van der Waals surface area contributed by atoms with Crippen LogP contribution in [-0.2, 0) is 0 Å². The predicted octanol–water partition coefficient (Wildman–Crippen LogP) is 2.54. The fraction of sp³-hybridized carbons (Fsp3) is 0.143. The average molecular weight is 235 g/mol. The minimum absolute atomic E-state index is 0.254. The van der Waals surface area contributed by atoms with E-state index in [1.54, 1.807) is 6.07 Å². The summed E-state index contributed by atoms with van der Waals surface area (Å²) in [6, 6.07) is 5.89. The quantitative estimate of drug-likeness (QED) is 0.606. The number of halogens is 2. The minimum Gasteiger partial charge on any atom is -0.205 e. The Labute approximate surface area is 67.2 Å². The second-order valence-electron chi connectivity index (χ2n) is 1.79. The highest BCUT2D eigenvalue weighted by Crippen LogP contribution is 2.13. The first-order valence-electron chi connectivity index (χ1n) is 2.54. The van der Waals surface area contributed by atoms with E-state index in [-0.39, 0.29) is 5.82 Å². The van der Waals surface area contributed by atoms with Crippen LogP contribution in [-0.4, -0.2) is 0 Å². The molecule has 0 aromatic heterocycles. The summed E-state index contributed by atoms with van der Waals surface area (Å²) in [6.45, 7) is 1.87. The molecule has 0 nitrogen and oxygen atoms in total. The Bertz CT molecular complexity index is 200. The van der Waals surface area contributed by atoms with Crippen molar-refractivity contribution >= 4 is 22.6 Å². The second-order valence-corrected chi connectivity index (χ2v) is 2.87. The zero-order valence-electron chi connectivity index (χ0n) is 4.91. The molecule has 1 radical (unpaired) electrons. The third kappa shape index (κ3) is 1.41. The SMILES string of the molecule is Cc1cc[c]c(F)c1I. The van der Waals surface area contributed by atoms with Crippen LogP contribution in [0.15, 0.2) is 12.1 Å². The van der Waals surface area contributed by atoms with E-state index in [4.69, 9.17) is 0 Å². The van der Waals surface area contributed by atoms with E-state index in [0.717, 1.165) is 5.56 Å². The molecule has 1 aromatic rings. The van der Waals surface area contributed by atoms with Crippen LogP contribution >= 0.6 is 22.6 Å². The third-order valence-electron chi connectivity index (χ3n) is 1.08. The summed E-state index contributed by atoms with van der Waals surface area (Å²) >= 11 is 1.96. The molecule has 0 unspecified atom stereocenters. The number of hydrogen-bond acceptors (Lipinski definition) is 0. The fourth-order valence-corrected chi connectivity index (χ4v) is 0.885. The van der Waals surface area contributed by atoms with Crippen LogP contribution in [0.4, 0.5) is 4.39 Å². The lowest BCUT2D eigenvalue weighted by Crippen LogP contribution is -1.84. The summed E-state index contributed by atoms with van der Waals surface area (Å²) in [4.78, 5) is 0. The molecule has 0 saturated heterocycles. The molecule has 0 heterocycles. The molecule has 0 aliphatic carbocycles. The number of aryl methyl sites for hydroxylation is 1. The van der Waals surface area contributed by atoms with E-state index in [1.807, 2.05) is 35.6 Å². The summed E-state index contributed by atoms with van der Waals surface area (Å²) in [7, 11) is 0. The van der Waals surface area contributed by atoms with Crippen LogP contribution in [0.25, 0.3) is 0 Å². The van der Waals surface area contributed by atoms with E-state index in [1.165, 1.54) is 0 Å². The van der Waals surface area contributed by atoms with Gasteiger partial charge in [0, 0.05) is 6.07 Å². The number of hydrogen-bond donors (Lipinski definition) is 0. The van der Waals surface area contributed by atoms with Crippen LogP contribution in [0.1, 0.15) is 5.56 Å². The molecule has 0 amide bonds. The molecule has 0 spiro atoms. The maximum Gasteiger partial charge on any atom is 0.144 e. The van der Waals surface area contributed by atoms with Crippen molar-refractivity contribution in [2.24, 2.45) is 0 Å². The Morgan fingerprint density at radius 2 is 2.33 bits per heavy atom. The van der Waals surface area contributed by atoms with Crippen molar-refractivity contribution < 1.29 is 4.39 Å². The van der Waals surface area contributed by atoms with Crippen LogP contribution < -0.4 is 0 Å². The first-order chi connectivity index (χ1) is 4.22. The zero-order chi connectivity index (χ0) is 6.85. The summed E-state index contributed by atoms with van der Waals surface area (Å²) < 4.78 is 13.2. The van der Waals surface area contributed by atoms with Crippen molar-refractivity contribution in [1.29, 1.82) is 0 Å². The standard InChI is InChI=1S/C7H5FI/c1-5-3-2-4-6(8)7(5)9/h2-3H,1H3. The van der Waals surface area contributed by atoms with E-state index in [2.05, 4.69) is 6.07 Å². The molecule has 2 heteroatoms. The maximum atomic E-state index is 12.5. The van der Waals surface area contributed by atoms with E-state index < -0.39 is 0 Å².